The Bertz CT molecular complexity index is 594. The first kappa shape index (κ1) is 15.0. The van der Waals surface area contributed by atoms with Gasteiger partial charge in [0.05, 0.1) is 11.8 Å². The van der Waals surface area contributed by atoms with Gasteiger partial charge in [0.15, 0.2) is 4.34 Å². The van der Waals surface area contributed by atoms with E-state index in [1.807, 2.05) is 6.07 Å². The highest BCUT2D eigenvalue weighted by Gasteiger charge is 2.07. The lowest BCUT2D eigenvalue weighted by Gasteiger charge is -2.03. The number of nitrogens with zero attached hydrogens (tertiary/aromatic N) is 3. The van der Waals surface area contributed by atoms with Gasteiger partial charge >= 0.3 is 0 Å². The smallest absolute Gasteiger partial charge is 0.288 e. The van der Waals surface area contributed by atoms with Crippen LogP contribution in [0.3, 0.4) is 0 Å². The summed E-state index contributed by atoms with van der Waals surface area (Å²) in [4.78, 5) is 0.507. The van der Waals surface area contributed by atoms with E-state index < -0.39 is 5.76 Å². The molecule has 0 atom stereocenters. The predicted molar refractivity (Wildman–Crippen MR) is 77.8 cm³/mol. The molecule has 0 bridgehead atoms. The molecule has 0 amide bonds. The first-order chi connectivity index (χ1) is 9.67. The number of thioether (sulfide) groups is 2. The SMILES string of the molecule is N#CCSc1nnc(Nc2ccc(SC(F)F)cc2)s1. The van der Waals surface area contributed by atoms with E-state index in [0.717, 1.165) is 5.69 Å². The minimum atomic E-state index is -2.42. The summed E-state index contributed by atoms with van der Waals surface area (Å²) >= 11 is 3.16. The van der Waals surface area contributed by atoms with Gasteiger partial charge in [0, 0.05) is 10.6 Å². The first-order valence-corrected chi connectivity index (χ1v) is 8.00. The Kier molecular flexibility index (Phi) is 5.58. The third-order valence-electron chi connectivity index (χ3n) is 2.00. The number of hydrogen-bond acceptors (Lipinski definition) is 7. The van der Waals surface area contributed by atoms with Gasteiger partial charge in [0.2, 0.25) is 5.13 Å². The molecule has 104 valence electrons. The van der Waals surface area contributed by atoms with Crippen LogP contribution in [0.2, 0.25) is 0 Å². The molecule has 20 heavy (non-hydrogen) atoms. The molecule has 0 fully saturated rings. The Labute approximate surface area is 126 Å². The van der Waals surface area contributed by atoms with E-state index in [1.165, 1.54) is 23.1 Å². The average molecular weight is 330 g/mol. The summed E-state index contributed by atoms with van der Waals surface area (Å²) in [5, 5.41) is 20.0. The van der Waals surface area contributed by atoms with Gasteiger partial charge in [0.1, 0.15) is 0 Å². The van der Waals surface area contributed by atoms with Crippen LogP contribution in [0, 0.1) is 11.3 Å². The monoisotopic (exact) mass is 330 g/mol. The lowest BCUT2D eigenvalue weighted by Crippen LogP contribution is -1.89. The summed E-state index contributed by atoms with van der Waals surface area (Å²) in [5.41, 5.74) is 0.747. The molecule has 4 nitrogen and oxygen atoms in total. The molecule has 0 spiro atoms. The van der Waals surface area contributed by atoms with E-state index in [-0.39, 0.29) is 0 Å². The van der Waals surface area contributed by atoms with Crippen molar-refractivity contribution in [1.82, 2.24) is 10.2 Å². The highest BCUT2D eigenvalue weighted by atomic mass is 32.2. The number of aromatic nitrogens is 2. The quantitative estimate of drug-likeness (QED) is 0.801. The topological polar surface area (TPSA) is 61.6 Å². The molecular formula is C11H8F2N4S3. The molecule has 0 saturated carbocycles. The van der Waals surface area contributed by atoms with Gasteiger partial charge < -0.3 is 5.32 Å². The van der Waals surface area contributed by atoms with Crippen LogP contribution in [-0.4, -0.2) is 21.7 Å². The summed E-state index contributed by atoms with van der Waals surface area (Å²) in [6.07, 6.45) is 0. The summed E-state index contributed by atoms with van der Waals surface area (Å²) in [5.74, 6) is -2.09. The molecular weight excluding hydrogens is 322 g/mol. The Hall–Kier alpha value is -1.37. The van der Waals surface area contributed by atoms with E-state index in [1.54, 1.807) is 24.3 Å². The molecule has 0 aliphatic carbocycles. The van der Waals surface area contributed by atoms with Crippen molar-refractivity contribution in [3.05, 3.63) is 24.3 Å². The fourth-order valence-corrected chi connectivity index (χ4v) is 3.19. The summed E-state index contributed by atoms with van der Waals surface area (Å²) in [6, 6.07) is 8.65. The van der Waals surface area contributed by atoms with Crippen molar-refractivity contribution < 1.29 is 8.78 Å². The number of nitriles is 1. The lowest BCUT2D eigenvalue weighted by molar-refractivity contribution is 0.252. The predicted octanol–water partition coefficient (Wildman–Crippen LogP) is 4.21. The fourth-order valence-electron chi connectivity index (χ4n) is 1.26. The van der Waals surface area contributed by atoms with Gasteiger partial charge in [0.25, 0.3) is 5.76 Å². The van der Waals surface area contributed by atoms with Crippen molar-refractivity contribution in [1.29, 1.82) is 5.26 Å². The number of nitrogens with one attached hydrogen (secondary N) is 1. The van der Waals surface area contributed by atoms with Gasteiger partial charge in [-0.15, -0.1) is 10.2 Å². The maximum Gasteiger partial charge on any atom is 0.288 e. The van der Waals surface area contributed by atoms with E-state index in [2.05, 4.69) is 15.5 Å². The Morgan fingerprint density at radius 1 is 1.30 bits per heavy atom. The van der Waals surface area contributed by atoms with E-state index in [0.29, 0.717) is 31.9 Å². The van der Waals surface area contributed by atoms with Crippen molar-refractivity contribution in [3.8, 4) is 6.07 Å². The van der Waals surface area contributed by atoms with E-state index in [4.69, 9.17) is 5.26 Å². The van der Waals surface area contributed by atoms with Crippen LogP contribution < -0.4 is 5.32 Å². The number of benzene rings is 1. The zero-order valence-corrected chi connectivity index (χ0v) is 12.4. The zero-order valence-electron chi connectivity index (χ0n) is 9.92. The summed E-state index contributed by atoms with van der Waals surface area (Å²) in [7, 11) is 0. The van der Waals surface area contributed by atoms with Gasteiger partial charge in [-0.1, -0.05) is 34.9 Å². The molecule has 1 heterocycles. The molecule has 2 aromatic rings. The molecule has 1 aromatic heterocycles. The van der Waals surface area contributed by atoms with Crippen molar-refractivity contribution in [3.63, 3.8) is 0 Å². The van der Waals surface area contributed by atoms with Crippen molar-refractivity contribution in [2.75, 3.05) is 11.1 Å². The molecule has 2 rings (SSSR count). The molecule has 9 heteroatoms. The highest BCUT2D eigenvalue weighted by molar-refractivity contribution is 8.01. The molecule has 0 radical (unpaired) electrons. The molecule has 0 aliphatic rings. The third-order valence-corrected chi connectivity index (χ3v) is 4.56. The van der Waals surface area contributed by atoms with Crippen molar-refractivity contribution in [2.45, 2.75) is 15.0 Å². The Morgan fingerprint density at radius 2 is 2.05 bits per heavy atom. The van der Waals surface area contributed by atoms with E-state index in [9.17, 15) is 8.78 Å². The van der Waals surface area contributed by atoms with E-state index >= 15 is 0 Å². The number of hydrogen-bond donors (Lipinski definition) is 1. The van der Waals surface area contributed by atoms with Crippen LogP contribution in [0.15, 0.2) is 33.5 Å². The normalized spacial score (nSPS) is 10.5. The number of halogens is 2. The average Bonchev–Trinajstić information content (AvgIpc) is 2.86. The van der Waals surface area contributed by atoms with Gasteiger partial charge in [-0.25, -0.2) is 0 Å². The highest BCUT2D eigenvalue weighted by Crippen LogP contribution is 2.29. The van der Waals surface area contributed by atoms with Crippen LogP contribution in [0.1, 0.15) is 0 Å². The minimum absolute atomic E-state index is 0.328. The van der Waals surface area contributed by atoms with Crippen molar-refractivity contribution in [2.24, 2.45) is 0 Å². The lowest BCUT2D eigenvalue weighted by atomic mass is 10.3. The van der Waals surface area contributed by atoms with Gasteiger partial charge in [-0.05, 0) is 24.3 Å². The second-order valence-electron chi connectivity index (χ2n) is 3.35. The molecule has 0 unspecified atom stereocenters. The van der Waals surface area contributed by atoms with Crippen molar-refractivity contribution >= 4 is 45.7 Å². The minimum Gasteiger partial charge on any atom is -0.330 e. The molecule has 1 aromatic carbocycles. The van der Waals surface area contributed by atoms with Gasteiger partial charge in [-0.2, -0.15) is 14.0 Å². The Balaban J connectivity index is 1.96. The summed E-state index contributed by atoms with van der Waals surface area (Å²) in [6.45, 7) is 0. The first-order valence-electron chi connectivity index (χ1n) is 5.32. The van der Waals surface area contributed by atoms with Crippen LogP contribution >= 0.6 is 34.9 Å². The molecule has 0 aliphatic heterocycles. The Morgan fingerprint density at radius 3 is 2.70 bits per heavy atom. The number of alkyl halides is 2. The second kappa shape index (κ2) is 7.42. The maximum absolute atomic E-state index is 12.2. The number of anilines is 2. The zero-order chi connectivity index (χ0) is 14.4. The largest absolute Gasteiger partial charge is 0.330 e. The van der Waals surface area contributed by atoms with Crippen LogP contribution in [0.4, 0.5) is 19.6 Å². The third kappa shape index (κ3) is 4.63. The number of rotatable bonds is 6. The fraction of sp³-hybridized carbons (Fsp3) is 0.182. The maximum atomic E-state index is 12.2. The second-order valence-corrected chi connectivity index (χ2v) is 6.61. The van der Waals surface area contributed by atoms with Crippen LogP contribution in [-0.2, 0) is 0 Å². The summed E-state index contributed by atoms with van der Waals surface area (Å²) < 4.78 is 25.1. The van der Waals surface area contributed by atoms with Crippen LogP contribution in [0.5, 0.6) is 0 Å². The van der Waals surface area contributed by atoms with Crippen LogP contribution in [0.25, 0.3) is 0 Å². The standard InChI is InChI=1S/C11H8F2N4S3/c12-9(13)19-8-3-1-7(2-4-8)15-10-16-17-11(20-10)18-6-5-14/h1-4,9H,6H2,(H,15,16). The molecule has 0 saturated heterocycles. The van der Waals surface area contributed by atoms with Gasteiger partial charge in [-0.3, -0.25) is 0 Å². The molecule has 1 N–H and O–H groups in total.